The number of amides is 1. The van der Waals surface area contributed by atoms with Crippen LogP contribution in [0, 0.1) is 12.3 Å². The molecule has 1 atom stereocenters. The zero-order chi connectivity index (χ0) is 16.9. The molecule has 1 aromatic heterocycles. The molecule has 1 aromatic rings. The Hall–Kier alpha value is -2.82. The molecule has 8 nitrogen and oxygen atoms in total. The zero-order valence-electron chi connectivity index (χ0n) is 12.5. The van der Waals surface area contributed by atoms with Crippen LogP contribution >= 0.6 is 0 Å². The van der Waals surface area contributed by atoms with Gasteiger partial charge in [-0.3, -0.25) is 0 Å². The van der Waals surface area contributed by atoms with Crippen LogP contribution in [-0.2, 0) is 9.53 Å². The van der Waals surface area contributed by atoms with Crippen LogP contribution in [-0.4, -0.2) is 38.6 Å². The Kier molecular flexibility index (Phi) is 5.29. The van der Waals surface area contributed by atoms with E-state index < -0.39 is 35.5 Å². The van der Waals surface area contributed by atoms with Gasteiger partial charge in [-0.15, -0.1) is 17.1 Å². The number of nitrogens with zero attached hydrogens (tertiary/aromatic N) is 1. The maximum Gasteiger partial charge on any atom is 0.408 e. The number of aromatic nitrogens is 1. The van der Waals surface area contributed by atoms with Crippen LogP contribution in [0.3, 0.4) is 0 Å². The van der Waals surface area contributed by atoms with Crippen molar-refractivity contribution >= 4 is 12.1 Å². The van der Waals surface area contributed by atoms with Crippen molar-refractivity contribution in [1.82, 2.24) is 10.0 Å². The second-order valence-electron chi connectivity index (χ2n) is 5.36. The van der Waals surface area contributed by atoms with Crippen molar-refractivity contribution in [2.75, 3.05) is 0 Å². The Labute approximate surface area is 127 Å². The quantitative estimate of drug-likeness (QED) is 0.709. The summed E-state index contributed by atoms with van der Waals surface area (Å²) in [7, 11) is 0. The molecule has 0 radical (unpaired) electrons. The number of hydrogen-bond acceptors (Lipinski definition) is 6. The number of carbonyl (C=O) groups excluding carboxylic acids is 2. The number of aromatic hydroxyl groups is 2. The van der Waals surface area contributed by atoms with E-state index in [9.17, 15) is 19.8 Å². The minimum Gasteiger partial charge on any atom is -0.492 e. The number of carbonyl (C=O) groups is 2. The molecule has 3 N–H and O–H groups in total. The van der Waals surface area contributed by atoms with Crippen molar-refractivity contribution in [1.29, 1.82) is 0 Å². The average Bonchev–Trinajstić information content (AvgIpc) is 2.67. The van der Waals surface area contributed by atoms with E-state index in [1.807, 2.05) is 0 Å². The fraction of sp³-hybridized carbons (Fsp3) is 0.429. The Morgan fingerprint density at radius 3 is 2.36 bits per heavy atom. The van der Waals surface area contributed by atoms with Gasteiger partial charge in [0.15, 0.2) is 0 Å². The summed E-state index contributed by atoms with van der Waals surface area (Å²) in [5.74, 6) is 0.286. The number of nitrogens with one attached hydrogen (secondary N) is 1. The lowest BCUT2D eigenvalue weighted by molar-refractivity contribution is -0.147. The Morgan fingerprint density at radius 2 is 1.91 bits per heavy atom. The first-order valence-electron chi connectivity index (χ1n) is 6.39. The molecule has 1 rings (SSSR count). The van der Waals surface area contributed by atoms with Crippen LogP contribution < -0.4 is 10.2 Å². The predicted molar refractivity (Wildman–Crippen MR) is 76.0 cm³/mol. The molecule has 0 saturated carbocycles. The topological polar surface area (TPSA) is 110 Å². The first-order valence-corrected chi connectivity index (χ1v) is 6.39. The number of hydrogen-bond donors (Lipinski definition) is 3. The Morgan fingerprint density at radius 1 is 1.36 bits per heavy atom. The normalized spacial score (nSPS) is 12.1. The molecule has 120 valence electrons. The first kappa shape index (κ1) is 17.2. The third-order valence-electron chi connectivity index (χ3n) is 2.28. The van der Waals surface area contributed by atoms with Crippen molar-refractivity contribution in [2.24, 2.45) is 0 Å². The second kappa shape index (κ2) is 6.76. The summed E-state index contributed by atoms with van der Waals surface area (Å²) in [6.07, 6.45) is 4.15. The van der Waals surface area contributed by atoms with E-state index in [1.54, 1.807) is 20.8 Å². The van der Waals surface area contributed by atoms with Crippen LogP contribution in [0.2, 0.25) is 0 Å². The Balaban J connectivity index is 2.76. The highest BCUT2D eigenvalue weighted by Crippen LogP contribution is 2.19. The van der Waals surface area contributed by atoms with Crippen LogP contribution in [0.1, 0.15) is 27.2 Å². The van der Waals surface area contributed by atoms with Gasteiger partial charge < -0.3 is 25.1 Å². The summed E-state index contributed by atoms with van der Waals surface area (Å²) in [5, 5.41) is 21.1. The van der Waals surface area contributed by atoms with E-state index in [0.717, 1.165) is 12.1 Å². The van der Waals surface area contributed by atoms with Gasteiger partial charge >= 0.3 is 12.1 Å². The number of alkyl carbamates (subject to hydrolysis) is 1. The van der Waals surface area contributed by atoms with Gasteiger partial charge in [-0.25, -0.2) is 9.59 Å². The predicted octanol–water partition coefficient (Wildman–Crippen LogP) is 0.771. The van der Waals surface area contributed by atoms with Crippen LogP contribution in [0.4, 0.5) is 4.79 Å². The maximum absolute atomic E-state index is 12.0. The molecule has 0 aliphatic rings. The van der Waals surface area contributed by atoms with E-state index in [0.29, 0.717) is 4.73 Å². The summed E-state index contributed by atoms with van der Waals surface area (Å²) in [5.41, 5.74) is -0.744. The van der Waals surface area contributed by atoms with Crippen molar-refractivity contribution in [3.8, 4) is 24.1 Å². The van der Waals surface area contributed by atoms with Crippen LogP contribution in [0.25, 0.3) is 0 Å². The van der Waals surface area contributed by atoms with Crippen LogP contribution in [0.5, 0.6) is 11.8 Å². The summed E-state index contributed by atoms with van der Waals surface area (Å²) in [6, 6.07) is 1.06. The molecule has 0 aliphatic heterocycles. The minimum absolute atomic E-state index is 0.152. The summed E-state index contributed by atoms with van der Waals surface area (Å²) in [4.78, 5) is 28.4. The van der Waals surface area contributed by atoms with Crippen molar-refractivity contribution in [2.45, 2.75) is 38.8 Å². The molecule has 22 heavy (non-hydrogen) atoms. The monoisotopic (exact) mass is 310 g/mol. The van der Waals surface area contributed by atoms with E-state index in [-0.39, 0.29) is 6.42 Å². The average molecular weight is 310 g/mol. The first-order chi connectivity index (χ1) is 10.1. The molecule has 0 saturated heterocycles. The molecular formula is C14H18N2O6. The van der Waals surface area contributed by atoms with Gasteiger partial charge in [0.2, 0.25) is 11.8 Å². The highest BCUT2D eigenvalue weighted by atomic mass is 16.7. The number of ether oxygens (including phenoxy) is 1. The Bertz CT molecular complexity index is 574. The number of rotatable bonds is 4. The molecule has 0 aliphatic carbocycles. The molecule has 1 heterocycles. The van der Waals surface area contributed by atoms with Gasteiger partial charge in [-0.2, -0.15) is 0 Å². The fourth-order valence-electron chi connectivity index (χ4n) is 1.41. The van der Waals surface area contributed by atoms with Crippen molar-refractivity contribution in [3.05, 3.63) is 12.1 Å². The van der Waals surface area contributed by atoms with E-state index in [2.05, 4.69) is 11.2 Å². The molecule has 0 spiro atoms. The van der Waals surface area contributed by atoms with E-state index in [1.165, 1.54) is 0 Å². The molecule has 1 unspecified atom stereocenters. The molecule has 1 amide bonds. The maximum atomic E-state index is 12.0. The van der Waals surface area contributed by atoms with Gasteiger partial charge in [0.25, 0.3) is 0 Å². The van der Waals surface area contributed by atoms with E-state index in [4.69, 9.17) is 16.0 Å². The molecular weight excluding hydrogens is 292 g/mol. The number of terminal acetylenes is 1. The van der Waals surface area contributed by atoms with Gasteiger partial charge in [0.05, 0.1) is 0 Å². The summed E-state index contributed by atoms with van der Waals surface area (Å²) in [6.45, 7) is 4.99. The molecule has 0 bridgehead atoms. The third kappa shape index (κ3) is 4.94. The highest BCUT2D eigenvalue weighted by Gasteiger charge is 2.26. The van der Waals surface area contributed by atoms with Gasteiger partial charge in [0, 0.05) is 18.6 Å². The minimum atomic E-state index is -1.19. The molecule has 0 aromatic carbocycles. The van der Waals surface area contributed by atoms with Gasteiger partial charge in [0.1, 0.15) is 11.6 Å². The SMILES string of the molecule is C#CCC(NC(=O)OC(C)(C)C)C(=O)On1c(O)ccc1O. The largest absolute Gasteiger partial charge is 0.492 e. The lowest BCUT2D eigenvalue weighted by Gasteiger charge is -2.22. The molecule has 8 heteroatoms. The summed E-state index contributed by atoms with van der Waals surface area (Å²) < 4.78 is 5.52. The van der Waals surface area contributed by atoms with Gasteiger partial charge in [-0.1, -0.05) is 0 Å². The lowest BCUT2D eigenvalue weighted by Crippen LogP contribution is -2.46. The van der Waals surface area contributed by atoms with Crippen LogP contribution in [0.15, 0.2) is 12.1 Å². The van der Waals surface area contributed by atoms with E-state index >= 15 is 0 Å². The standard InChI is InChI=1S/C14H18N2O6/c1-5-6-9(15-13(20)21-14(2,3)4)12(19)22-16-10(17)7-8-11(16)18/h1,7-9,17-18H,6H2,2-4H3,(H,15,20). The lowest BCUT2D eigenvalue weighted by atomic mass is 10.2. The van der Waals surface area contributed by atoms with Crippen molar-refractivity contribution in [3.63, 3.8) is 0 Å². The smallest absolute Gasteiger partial charge is 0.408 e. The van der Waals surface area contributed by atoms with Gasteiger partial charge in [-0.05, 0) is 20.8 Å². The van der Waals surface area contributed by atoms with Crippen molar-refractivity contribution < 1.29 is 29.4 Å². The zero-order valence-corrected chi connectivity index (χ0v) is 12.5. The second-order valence-corrected chi connectivity index (χ2v) is 5.36. The molecule has 0 fully saturated rings. The fourth-order valence-corrected chi connectivity index (χ4v) is 1.41. The highest BCUT2D eigenvalue weighted by molar-refractivity contribution is 5.82. The third-order valence-corrected chi connectivity index (χ3v) is 2.28. The summed E-state index contributed by atoms with van der Waals surface area (Å²) >= 11 is 0.